The molecule has 0 N–H and O–H groups in total. The van der Waals surface area contributed by atoms with E-state index in [1.165, 1.54) is 0 Å². The first-order valence-corrected chi connectivity index (χ1v) is 7.70. The van der Waals surface area contributed by atoms with E-state index < -0.39 is 5.97 Å². The average Bonchev–Trinajstić information content (AvgIpc) is 3.31. The van der Waals surface area contributed by atoms with Gasteiger partial charge in [0.2, 0.25) is 0 Å². The summed E-state index contributed by atoms with van der Waals surface area (Å²) >= 11 is 0. The third-order valence-electron chi connectivity index (χ3n) is 3.53. The molecule has 24 heavy (non-hydrogen) atoms. The smallest absolute Gasteiger partial charge is 0.338 e. The number of esters is 1. The molecule has 1 aromatic carbocycles. The summed E-state index contributed by atoms with van der Waals surface area (Å²) < 4.78 is 25.7. The molecule has 2 unspecified atom stereocenters. The van der Waals surface area contributed by atoms with Gasteiger partial charge in [0.15, 0.2) is 0 Å². The molecule has 132 valence electrons. The van der Waals surface area contributed by atoms with E-state index in [1.807, 2.05) is 0 Å². The van der Waals surface area contributed by atoms with Crippen LogP contribution in [0.1, 0.15) is 15.9 Å². The maximum absolute atomic E-state index is 11.9. The molecular formula is C16H20O8. The van der Waals surface area contributed by atoms with Crippen molar-refractivity contribution in [1.29, 1.82) is 0 Å². The van der Waals surface area contributed by atoms with Crippen LogP contribution in [0.4, 0.5) is 0 Å². The summed E-state index contributed by atoms with van der Waals surface area (Å²) in [5.74, 6) is -0.396. The van der Waals surface area contributed by atoms with Crippen LogP contribution < -0.4 is 0 Å². The number of hydrogen-bond donors (Lipinski definition) is 0. The van der Waals surface area contributed by atoms with Crippen LogP contribution in [-0.4, -0.2) is 58.2 Å². The molecular weight excluding hydrogens is 320 g/mol. The van der Waals surface area contributed by atoms with Crippen molar-refractivity contribution in [1.82, 2.24) is 0 Å². The molecule has 8 heteroatoms. The number of carbonyl (C=O) groups excluding carboxylic acids is 1. The molecule has 0 spiro atoms. The Morgan fingerprint density at radius 2 is 1.62 bits per heavy atom. The summed E-state index contributed by atoms with van der Waals surface area (Å²) in [6.45, 7) is 2.28. The Bertz CT molecular complexity index is 505. The van der Waals surface area contributed by atoms with Gasteiger partial charge in [0.1, 0.15) is 45.6 Å². The Morgan fingerprint density at radius 3 is 2.25 bits per heavy atom. The molecule has 2 heterocycles. The molecule has 0 amide bonds. The van der Waals surface area contributed by atoms with Gasteiger partial charge >= 0.3 is 5.97 Å². The maximum Gasteiger partial charge on any atom is 0.338 e. The summed E-state index contributed by atoms with van der Waals surface area (Å²) in [6.07, 6.45) is -0.274. The number of hydrogen-bond acceptors (Lipinski definition) is 8. The topological polar surface area (TPSA) is 81.7 Å². The highest BCUT2D eigenvalue weighted by atomic mass is 17.2. The van der Waals surface area contributed by atoms with E-state index in [-0.39, 0.29) is 32.2 Å². The Morgan fingerprint density at radius 1 is 0.958 bits per heavy atom. The normalized spacial score (nSPS) is 23.5. The van der Waals surface area contributed by atoms with Gasteiger partial charge in [0.05, 0.1) is 18.8 Å². The van der Waals surface area contributed by atoms with Gasteiger partial charge in [-0.2, -0.15) is 0 Å². The lowest BCUT2D eigenvalue weighted by Gasteiger charge is -2.10. The molecule has 0 saturated carbocycles. The van der Waals surface area contributed by atoms with E-state index in [2.05, 4.69) is 0 Å². The van der Waals surface area contributed by atoms with Gasteiger partial charge in [-0.3, -0.25) is 0 Å². The molecule has 2 saturated heterocycles. The zero-order valence-corrected chi connectivity index (χ0v) is 13.2. The van der Waals surface area contributed by atoms with Gasteiger partial charge in [0.25, 0.3) is 0 Å². The highest BCUT2D eigenvalue weighted by Gasteiger charge is 2.19. The molecule has 0 aromatic heterocycles. The van der Waals surface area contributed by atoms with E-state index in [0.717, 1.165) is 5.56 Å². The summed E-state index contributed by atoms with van der Waals surface area (Å²) in [5, 5.41) is 0. The van der Waals surface area contributed by atoms with Crippen LogP contribution in [-0.2, 0) is 40.1 Å². The lowest BCUT2D eigenvalue weighted by molar-refractivity contribution is -0.313. The van der Waals surface area contributed by atoms with E-state index >= 15 is 0 Å². The number of carbonyl (C=O) groups is 1. The Labute approximate surface area is 139 Å². The van der Waals surface area contributed by atoms with Crippen LogP contribution in [0.3, 0.4) is 0 Å². The molecule has 0 radical (unpaired) electrons. The molecule has 3 rings (SSSR count). The van der Waals surface area contributed by atoms with Crippen molar-refractivity contribution in [3.63, 3.8) is 0 Å². The third kappa shape index (κ3) is 5.23. The first kappa shape index (κ1) is 17.3. The summed E-state index contributed by atoms with van der Waals surface area (Å²) in [7, 11) is 0. The SMILES string of the molecule is O=C(OCC1COCO1)c1ccc(COOCC2COCO2)cc1. The minimum atomic E-state index is -0.396. The minimum absolute atomic E-state index is 0.0867. The van der Waals surface area contributed by atoms with Crippen molar-refractivity contribution in [3.8, 4) is 0 Å². The molecule has 2 fully saturated rings. The molecule has 8 nitrogen and oxygen atoms in total. The number of benzene rings is 1. The van der Waals surface area contributed by atoms with Crippen LogP contribution in [0.25, 0.3) is 0 Å². The number of rotatable bonds is 8. The van der Waals surface area contributed by atoms with Crippen molar-refractivity contribution >= 4 is 5.97 Å². The van der Waals surface area contributed by atoms with Crippen LogP contribution in [0.15, 0.2) is 24.3 Å². The van der Waals surface area contributed by atoms with Gasteiger partial charge in [-0.25, -0.2) is 14.6 Å². The standard InChI is InChI=1S/C16H20O8/c17-16(20-8-14-6-18-10-21-14)13-3-1-12(2-4-13)5-23-24-9-15-7-19-11-22-15/h1-4,14-15H,5-11H2. The molecule has 0 bridgehead atoms. The van der Waals surface area contributed by atoms with Crippen LogP contribution in [0.2, 0.25) is 0 Å². The molecule has 0 aliphatic carbocycles. The van der Waals surface area contributed by atoms with Gasteiger partial charge < -0.3 is 23.7 Å². The van der Waals surface area contributed by atoms with Crippen molar-refractivity contribution in [2.24, 2.45) is 0 Å². The van der Waals surface area contributed by atoms with Gasteiger partial charge in [-0.1, -0.05) is 12.1 Å². The van der Waals surface area contributed by atoms with Gasteiger partial charge in [-0.05, 0) is 17.7 Å². The summed E-state index contributed by atoms with van der Waals surface area (Å²) in [5.41, 5.74) is 1.35. The van der Waals surface area contributed by atoms with Crippen molar-refractivity contribution < 1.29 is 38.3 Å². The summed E-state index contributed by atoms with van der Waals surface area (Å²) in [4.78, 5) is 22.1. The Kier molecular flexibility index (Phi) is 6.53. The van der Waals surface area contributed by atoms with E-state index in [1.54, 1.807) is 24.3 Å². The van der Waals surface area contributed by atoms with Crippen LogP contribution in [0, 0.1) is 0 Å². The molecule has 2 aliphatic heterocycles. The fraction of sp³-hybridized carbons (Fsp3) is 0.562. The maximum atomic E-state index is 11.9. The highest BCUT2D eigenvalue weighted by molar-refractivity contribution is 5.89. The second kappa shape index (κ2) is 9.07. The zero-order valence-electron chi connectivity index (χ0n) is 13.2. The van der Waals surface area contributed by atoms with E-state index in [9.17, 15) is 4.79 Å². The van der Waals surface area contributed by atoms with Crippen molar-refractivity contribution in [2.45, 2.75) is 18.8 Å². The van der Waals surface area contributed by atoms with E-state index in [0.29, 0.717) is 32.2 Å². The third-order valence-corrected chi connectivity index (χ3v) is 3.53. The molecule has 2 atom stereocenters. The number of ether oxygens (including phenoxy) is 5. The molecule has 2 aliphatic rings. The first-order chi connectivity index (χ1) is 11.8. The largest absolute Gasteiger partial charge is 0.459 e. The van der Waals surface area contributed by atoms with Crippen LogP contribution >= 0.6 is 0 Å². The predicted molar refractivity (Wildman–Crippen MR) is 78.8 cm³/mol. The predicted octanol–water partition coefficient (Wildman–Crippen LogP) is 1.04. The Hall–Kier alpha value is -1.55. The quantitative estimate of drug-likeness (QED) is 0.300. The summed E-state index contributed by atoms with van der Waals surface area (Å²) in [6, 6.07) is 6.93. The average molecular weight is 340 g/mol. The highest BCUT2D eigenvalue weighted by Crippen LogP contribution is 2.10. The van der Waals surface area contributed by atoms with E-state index in [4.69, 9.17) is 33.5 Å². The molecule has 1 aromatic rings. The monoisotopic (exact) mass is 340 g/mol. The van der Waals surface area contributed by atoms with Gasteiger partial charge in [-0.15, -0.1) is 0 Å². The van der Waals surface area contributed by atoms with Crippen molar-refractivity contribution in [2.75, 3.05) is 40.0 Å². The van der Waals surface area contributed by atoms with Crippen molar-refractivity contribution in [3.05, 3.63) is 35.4 Å². The Balaban J connectivity index is 1.35. The fourth-order valence-electron chi connectivity index (χ4n) is 2.16. The minimum Gasteiger partial charge on any atom is -0.459 e. The zero-order chi connectivity index (χ0) is 16.6. The second-order valence-corrected chi connectivity index (χ2v) is 5.40. The first-order valence-electron chi connectivity index (χ1n) is 7.70. The lowest BCUT2D eigenvalue weighted by Crippen LogP contribution is -2.20. The fourth-order valence-corrected chi connectivity index (χ4v) is 2.16. The second-order valence-electron chi connectivity index (χ2n) is 5.40. The lowest BCUT2D eigenvalue weighted by atomic mass is 10.1. The van der Waals surface area contributed by atoms with Crippen LogP contribution in [0.5, 0.6) is 0 Å². The van der Waals surface area contributed by atoms with Gasteiger partial charge in [0, 0.05) is 0 Å².